The second kappa shape index (κ2) is 5.90. The zero-order valence-corrected chi connectivity index (χ0v) is 13.7. The van der Waals surface area contributed by atoms with Gasteiger partial charge in [0.15, 0.2) is 0 Å². The first-order valence-electron chi connectivity index (χ1n) is 7.85. The number of nitrogens with two attached hydrogens (primary N) is 1. The molecule has 25 heavy (non-hydrogen) atoms. The molecule has 0 saturated heterocycles. The Kier molecular flexibility index (Phi) is 3.57. The number of hydrogen-bond donors (Lipinski definition) is 2. The van der Waals surface area contributed by atoms with E-state index in [1.807, 2.05) is 46.8 Å². The van der Waals surface area contributed by atoms with Crippen LogP contribution < -0.4 is 16.0 Å². The molecule has 0 spiro atoms. The molecular weight excluding hydrogens is 318 g/mol. The Morgan fingerprint density at radius 3 is 2.80 bits per heavy atom. The largest absolute Gasteiger partial charge is 0.368 e. The molecule has 0 radical (unpaired) electrons. The van der Waals surface area contributed by atoms with E-state index in [1.54, 1.807) is 12.4 Å². The number of imidazole rings is 1. The van der Waals surface area contributed by atoms with E-state index in [-0.39, 0.29) is 11.9 Å². The van der Waals surface area contributed by atoms with Gasteiger partial charge >= 0.3 is 0 Å². The standard InChI is InChI=1S/C17H17N7O/c1-23-9-14(15(25)20-12-5-3-2-4-6-12)22-17(23)24-8-11-7-19-16(18)21-13(11)10-24/h2-7,9H,8,10H2,1H3,(H,20,25)(H2,18,19,21). The second-order valence-electron chi connectivity index (χ2n) is 5.91. The predicted octanol–water partition coefficient (Wildman–Crippen LogP) is 1.56. The average Bonchev–Trinajstić information content (AvgIpc) is 3.18. The van der Waals surface area contributed by atoms with Crippen molar-refractivity contribution < 1.29 is 4.79 Å². The van der Waals surface area contributed by atoms with Gasteiger partial charge in [-0.25, -0.2) is 15.0 Å². The van der Waals surface area contributed by atoms with Gasteiger partial charge in [0.25, 0.3) is 5.91 Å². The molecule has 1 aliphatic heterocycles. The predicted molar refractivity (Wildman–Crippen MR) is 93.9 cm³/mol. The van der Waals surface area contributed by atoms with Crippen molar-refractivity contribution in [1.82, 2.24) is 19.5 Å². The Hall–Kier alpha value is -3.42. The molecular formula is C17H17N7O. The lowest BCUT2D eigenvalue weighted by Gasteiger charge is -2.15. The fraction of sp³-hybridized carbons (Fsp3) is 0.176. The van der Waals surface area contributed by atoms with Crippen molar-refractivity contribution in [2.75, 3.05) is 16.0 Å². The van der Waals surface area contributed by atoms with E-state index >= 15 is 0 Å². The molecule has 0 aliphatic carbocycles. The summed E-state index contributed by atoms with van der Waals surface area (Å²) < 4.78 is 1.84. The van der Waals surface area contributed by atoms with Gasteiger partial charge < -0.3 is 20.5 Å². The van der Waals surface area contributed by atoms with Crippen LogP contribution in [0.2, 0.25) is 0 Å². The minimum atomic E-state index is -0.242. The number of amides is 1. The third-order valence-corrected chi connectivity index (χ3v) is 4.07. The van der Waals surface area contributed by atoms with Gasteiger partial charge in [0, 0.05) is 37.2 Å². The van der Waals surface area contributed by atoms with E-state index in [9.17, 15) is 4.79 Å². The van der Waals surface area contributed by atoms with Crippen LogP contribution in [-0.2, 0) is 20.1 Å². The number of aromatic nitrogens is 4. The third-order valence-electron chi connectivity index (χ3n) is 4.07. The summed E-state index contributed by atoms with van der Waals surface area (Å²) in [5, 5.41) is 2.84. The lowest BCUT2D eigenvalue weighted by Crippen LogP contribution is -2.19. The van der Waals surface area contributed by atoms with Crippen LogP contribution in [0.1, 0.15) is 21.7 Å². The summed E-state index contributed by atoms with van der Waals surface area (Å²) in [7, 11) is 1.87. The van der Waals surface area contributed by atoms with Gasteiger partial charge in [-0.1, -0.05) is 18.2 Å². The number of fused-ring (bicyclic) bond motifs is 1. The van der Waals surface area contributed by atoms with Gasteiger partial charge in [-0.15, -0.1) is 0 Å². The second-order valence-corrected chi connectivity index (χ2v) is 5.91. The Labute approximate surface area is 144 Å². The first kappa shape index (κ1) is 15.1. The lowest BCUT2D eigenvalue weighted by atomic mass is 10.3. The van der Waals surface area contributed by atoms with E-state index in [1.165, 1.54) is 0 Å². The Bertz CT molecular complexity index is 935. The number of aryl methyl sites for hydroxylation is 1. The first-order valence-corrected chi connectivity index (χ1v) is 7.85. The normalized spacial score (nSPS) is 12.9. The van der Waals surface area contributed by atoms with E-state index in [0.29, 0.717) is 24.7 Å². The minimum absolute atomic E-state index is 0.242. The fourth-order valence-electron chi connectivity index (χ4n) is 2.89. The molecule has 3 N–H and O–H groups in total. The Balaban J connectivity index is 1.54. The van der Waals surface area contributed by atoms with Gasteiger partial charge in [-0.3, -0.25) is 4.79 Å². The molecule has 1 amide bonds. The number of anilines is 3. The minimum Gasteiger partial charge on any atom is -0.368 e. The highest BCUT2D eigenvalue weighted by Crippen LogP contribution is 2.26. The monoisotopic (exact) mass is 335 g/mol. The first-order chi connectivity index (χ1) is 12.1. The van der Waals surface area contributed by atoms with Crippen LogP contribution in [0, 0.1) is 0 Å². The van der Waals surface area contributed by atoms with Crippen molar-refractivity contribution in [3.8, 4) is 0 Å². The lowest BCUT2D eigenvalue weighted by molar-refractivity contribution is 0.102. The number of carbonyl (C=O) groups is 1. The van der Waals surface area contributed by atoms with Crippen molar-refractivity contribution >= 4 is 23.5 Å². The van der Waals surface area contributed by atoms with Gasteiger partial charge in [0.2, 0.25) is 11.9 Å². The van der Waals surface area contributed by atoms with Crippen LogP contribution in [0.25, 0.3) is 0 Å². The van der Waals surface area contributed by atoms with Crippen LogP contribution in [0.15, 0.2) is 42.7 Å². The maximum atomic E-state index is 12.4. The van der Waals surface area contributed by atoms with Crippen LogP contribution in [0.4, 0.5) is 17.6 Å². The molecule has 3 aromatic rings. The van der Waals surface area contributed by atoms with Gasteiger partial charge in [0.1, 0.15) is 5.69 Å². The summed E-state index contributed by atoms with van der Waals surface area (Å²) in [4.78, 5) is 27.2. The van der Waals surface area contributed by atoms with E-state index in [4.69, 9.17) is 5.73 Å². The van der Waals surface area contributed by atoms with Crippen molar-refractivity contribution in [2.24, 2.45) is 7.05 Å². The molecule has 0 fully saturated rings. The van der Waals surface area contributed by atoms with Crippen molar-refractivity contribution in [3.05, 3.63) is 59.7 Å². The van der Waals surface area contributed by atoms with Gasteiger partial charge in [0.05, 0.1) is 12.2 Å². The smallest absolute Gasteiger partial charge is 0.275 e. The molecule has 0 bridgehead atoms. The number of nitrogens with one attached hydrogen (secondary N) is 1. The zero-order valence-electron chi connectivity index (χ0n) is 13.7. The number of benzene rings is 1. The maximum Gasteiger partial charge on any atom is 0.275 e. The van der Waals surface area contributed by atoms with Crippen molar-refractivity contribution in [2.45, 2.75) is 13.1 Å². The number of para-hydroxylation sites is 1. The highest BCUT2D eigenvalue weighted by Gasteiger charge is 2.25. The SMILES string of the molecule is Cn1cc(C(=O)Nc2ccccc2)nc1N1Cc2cnc(N)nc2C1. The van der Waals surface area contributed by atoms with E-state index < -0.39 is 0 Å². The quantitative estimate of drug-likeness (QED) is 0.753. The number of nitrogen functional groups attached to an aromatic ring is 1. The summed E-state index contributed by atoms with van der Waals surface area (Å²) in [6, 6.07) is 9.31. The third kappa shape index (κ3) is 2.89. The van der Waals surface area contributed by atoms with Gasteiger partial charge in [-0.2, -0.15) is 0 Å². The number of hydrogen-bond acceptors (Lipinski definition) is 6. The highest BCUT2D eigenvalue weighted by molar-refractivity contribution is 6.03. The number of nitrogens with zero attached hydrogens (tertiary/aromatic N) is 5. The summed E-state index contributed by atoms with van der Waals surface area (Å²) in [6.07, 6.45) is 3.46. The molecule has 2 aromatic heterocycles. The van der Waals surface area contributed by atoms with Crippen LogP contribution in [0.5, 0.6) is 0 Å². The van der Waals surface area contributed by atoms with E-state index in [0.717, 1.165) is 16.9 Å². The highest BCUT2D eigenvalue weighted by atomic mass is 16.1. The zero-order chi connectivity index (χ0) is 17.4. The van der Waals surface area contributed by atoms with Crippen LogP contribution in [0.3, 0.4) is 0 Å². The summed E-state index contributed by atoms with van der Waals surface area (Å²) in [5.74, 6) is 0.729. The Morgan fingerprint density at radius 2 is 2.00 bits per heavy atom. The summed E-state index contributed by atoms with van der Waals surface area (Å²) in [6.45, 7) is 1.23. The molecule has 0 saturated carbocycles. The molecule has 8 heteroatoms. The van der Waals surface area contributed by atoms with Crippen LogP contribution in [-0.4, -0.2) is 25.4 Å². The van der Waals surface area contributed by atoms with Crippen molar-refractivity contribution in [1.29, 1.82) is 0 Å². The average molecular weight is 335 g/mol. The molecule has 1 aromatic carbocycles. The molecule has 0 unspecified atom stereocenters. The van der Waals surface area contributed by atoms with Crippen LogP contribution >= 0.6 is 0 Å². The molecule has 0 atom stereocenters. The Morgan fingerprint density at radius 1 is 1.20 bits per heavy atom. The molecule has 1 aliphatic rings. The molecule has 126 valence electrons. The molecule has 8 nitrogen and oxygen atoms in total. The van der Waals surface area contributed by atoms with Crippen molar-refractivity contribution in [3.63, 3.8) is 0 Å². The number of carbonyl (C=O) groups excluding carboxylic acids is 1. The summed E-state index contributed by atoms with van der Waals surface area (Å²) >= 11 is 0. The maximum absolute atomic E-state index is 12.4. The summed E-state index contributed by atoms with van der Waals surface area (Å²) in [5.41, 5.74) is 8.66. The van der Waals surface area contributed by atoms with E-state index in [2.05, 4.69) is 20.3 Å². The topological polar surface area (TPSA) is 102 Å². The number of rotatable bonds is 3. The molecule has 3 heterocycles. The van der Waals surface area contributed by atoms with Gasteiger partial charge in [-0.05, 0) is 12.1 Å². The fourth-order valence-corrected chi connectivity index (χ4v) is 2.89. The molecule has 4 rings (SSSR count).